The second-order valence-electron chi connectivity index (χ2n) is 7.94. The lowest BCUT2D eigenvalue weighted by molar-refractivity contribution is -0.141. The van der Waals surface area contributed by atoms with Gasteiger partial charge < -0.3 is 5.32 Å². The number of nitriles is 1. The zero-order valence-electron chi connectivity index (χ0n) is 18.7. The molecule has 1 amide bonds. The maximum atomic E-state index is 13.8. The number of pyridine rings is 1. The molecule has 6 nitrogen and oxygen atoms in total. The molecule has 0 bridgehead atoms. The molecule has 4 aromatic rings. The fourth-order valence-corrected chi connectivity index (χ4v) is 3.98. The first-order valence-corrected chi connectivity index (χ1v) is 11.2. The van der Waals surface area contributed by atoms with Crippen LogP contribution in [0, 0.1) is 18.3 Å². The zero-order valence-corrected chi connectivity index (χ0v) is 20.3. The van der Waals surface area contributed by atoms with Gasteiger partial charge in [0.25, 0.3) is 5.91 Å². The SMILES string of the molecule is Cc1c(NC(=O)c2cc(C(F)(F)F)nc3ccc(Br)cc23)c(C(F)(F)F)nn1Cc1ccc(C#N)cc1. The van der Waals surface area contributed by atoms with Gasteiger partial charge in [0.15, 0.2) is 5.69 Å². The van der Waals surface area contributed by atoms with E-state index in [0.29, 0.717) is 21.7 Å². The average Bonchev–Trinajstić information content (AvgIpc) is 3.13. The fraction of sp³-hybridized carbons (Fsp3) is 0.167. The molecular weight excluding hydrogens is 568 g/mol. The van der Waals surface area contributed by atoms with E-state index in [0.717, 1.165) is 4.68 Å². The van der Waals surface area contributed by atoms with Crippen LogP contribution in [-0.4, -0.2) is 20.7 Å². The molecule has 0 spiro atoms. The van der Waals surface area contributed by atoms with E-state index in [1.165, 1.54) is 37.3 Å². The van der Waals surface area contributed by atoms with E-state index in [1.54, 1.807) is 12.1 Å². The number of fused-ring (bicyclic) bond motifs is 1. The highest BCUT2D eigenvalue weighted by Crippen LogP contribution is 2.37. The van der Waals surface area contributed by atoms with E-state index >= 15 is 0 Å². The Kier molecular flexibility index (Phi) is 6.72. The highest BCUT2D eigenvalue weighted by Gasteiger charge is 2.40. The number of carbonyl (C=O) groups is 1. The molecule has 2 heterocycles. The van der Waals surface area contributed by atoms with Gasteiger partial charge in [-0.15, -0.1) is 0 Å². The summed E-state index contributed by atoms with van der Waals surface area (Å²) in [5.74, 6) is -1.19. The molecule has 4 rings (SSSR count). The lowest BCUT2D eigenvalue weighted by Gasteiger charge is -2.13. The second-order valence-corrected chi connectivity index (χ2v) is 8.86. The summed E-state index contributed by atoms with van der Waals surface area (Å²) in [7, 11) is 0. The molecule has 13 heteroatoms. The van der Waals surface area contributed by atoms with Gasteiger partial charge in [0.2, 0.25) is 0 Å². The van der Waals surface area contributed by atoms with Crippen molar-refractivity contribution in [3.63, 3.8) is 0 Å². The molecule has 0 atom stereocenters. The summed E-state index contributed by atoms with van der Waals surface area (Å²) in [6.45, 7) is 1.18. The van der Waals surface area contributed by atoms with Gasteiger partial charge in [0.05, 0.1) is 40.6 Å². The smallest absolute Gasteiger partial charge is 0.319 e. The molecule has 0 fully saturated rings. The maximum Gasteiger partial charge on any atom is 0.437 e. The Bertz CT molecular complexity index is 1550. The zero-order chi connectivity index (χ0) is 27.1. The van der Waals surface area contributed by atoms with Crippen molar-refractivity contribution in [2.75, 3.05) is 5.32 Å². The molecule has 0 saturated heterocycles. The van der Waals surface area contributed by atoms with Gasteiger partial charge in [-0.25, -0.2) is 4.98 Å². The number of benzene rings is 2. The molecule has 190 valence electrons. The molecule has 0 aliphatic rings. The number of rotatable bonds is 4. The van der Waals surface area contributed by atoms with Crippen LogP contribution in [0.25, 0.3) is 10.9 Å². The number of nitrogens with zero attached hydrogens (tertiary/aromatic N) is 4. The molecule has 0 saturated carbocycles. The van der Waals surface area contributed by atoms with Gasteiger partial charge >= 0.3 is 12.4 Å². The number of hydrogen-bond donors (Lipinski definition) is 1. The molecule has 0 unspecified atom stereocenters. The van der Waals surface area contributed by atoms with Crippen LogP contribution in [0.15, 0.2) is 53.0 Å². The van der Waals surface area contributed by atoms with E-state index in [4.69, 9.17) is 5.26 Å². The van der Waals surface area contributed by atoms with Crippen molar-refractivity contribution in [1.82, 2.24) is 14.8 Å². The summed E-state index contributed by atoms with van der Waals surface area (Å²) in [5.41, 5.74) is -3.28. The third kappa shape index (κ3) is 5.43. The van der Waals surface area contributed by atoms with Crippen LogP contribution >= 0.6 is 15.9 Å². The lowest BCUT2D eigenvalue weighted by Crippen LogP contribution is -2.18. The number of aromatic nitrogens is 3. The number of nitrogens with one attached hydrogen (secondary N) is 1. The highest BCUT2D eigenvalue weighted by atomic mass is 79.9. The van der Waals surface area contributed by atoms with Crippen molar-refractivity contribution in [2.24, 2.45) is 0 Å². The van der Waals surface area contributed by atoms with Gasteiger partial charge in [-0.3, -0.25) is 9.48 Å². The van der Waals surface area contributed by atoms with Crippen LogP contribution < -0.4 is 5.32 Å². The monoisotopic (exact) mass is 581 g/mol. The van der Waals surface area contributed by atoms with Crippen molar-refractivity contribution in [3.8, 4) is 6.07 Å². The fourth-order valence-electron chi connectivity index (χ4n) is 3.62. The van der Waals surface area contributed by atoms with Crippen molar-refractivity contribution in [1.29, 1.82) is 5.26 Å². The Labute approximate surface area is 213 Å². The Morgan fingerprint density at radius 1 is 1.05 bits per heavy atom. The number of halogens is 7. The van der Waals surface area contributed by atoms with E-state index in [9.17, 15) is 31.1 Å². The van der Waals surface area contributed by atoms with Crippen LogP contribution in [0.5, 0.6) is 0 Å². The van der Waals surface area contributed by atoms with Gasteiger partial charge in [0.1, 0.15) is 5.69 Å². The number of amides is 1. The molecule has 37 heavy (non-hydrogen) atoms. The standard InChI is InChI=1S/C24H14BrF6N5O/c1-12-20(21(24(29,30)31)35-36(12)11-14-4-2-13(10-32)3-5-14)34-22(37)17-9-19(23(26,27)28)33-18-7-6-15(25)8-16(17)18/h2-9H,11H2,1H3,(H,34,37). The predicted molar refractivity (Wildman–Crippen MR) is 125 cm³/mol. The molecule has 2 aromatic carbocycles. The summed E-state index contributed by atoms with van der Waals surface area (Å²) in [4.78, 5) is 16.7. The highest BCUT2D eigenvalue weighted by molar-refractivity contribution is 9.10. The Morgan fingerprint density at radius 3 is 2.32 bits per heavy atom. The first-order chi connectivity index (χ1) is 17.3. The maximum absolute atomic E-state index is 13.8. The van der Waals surface area contributed by atoms with E-state index in [1.807, 2.05) is 6.07 Å². The summed E-state index contributed by atoms with van der Waals surface area (Å²) in [6.07, 6.45) is -9.86. The first-order valence-electron chi connectivity index (χ1n) is 10.4. The minimum absolute atomic E-state index is 0.0102. The molecule has 0 radical (unpaired) electrons. The lowest BCUT2D eigenvalue weighted by atomic mass is 10.1. The minimum Gasteiger partial charge on any atom is -0.319 e. The number of alkyl halides is 6. The third-order valence-electron chi connectivity index (χ3n) is 5.43. The number of carbonyl (C=O) groups excluding carboxylic acids is 1. The van der Waals surface area contributed by atoms with Crippen molar-refractivity contribution in [2.45, 2.75) is 25.8 Å². The van der Waals surface area contributed by atoms with Crippen LogP contribution in [0.1, 0.15) is 38.6 Å². The molecular formula is C24H14BrF6N5O. The van der Waals surface area contributed by atoms with E-state index in [2.05, 4.69) is 31.3 Å². The van der Waals surface area contributed by atoms with Gasteiger partial charge in [-0.2, -0.15) is 36.7 Å². The average molecular weight is 582 g/mol. The van der Waals surface area contributed by atoms with E-state index in [-0.39, 0.29) is 23.1 Å². The van der Waals surface area contributed by atoms with Crippen LogP contribution in [-0.2, 0) is 18.9 Å². The van der Waals surface area contributed by atoms with Crippen molar-refractivity contribution < 1.29 is 31.1 Å². The Morgan fingerprint density at radius 2 is 1.73 bits per heavy atom. The number of anilines is 1. The summed E-state index contributed by atoms with van der Waals surface area (Å²) in [5, 5.41) is 14.7. The third-order valence-corrected chi connectivity index (χ3v) is 5.93. The summed E-state index contributed by atoms with van der Waals surface area (Å²) < 4.78 is 83.2. The molecule has 0 aliphatic carbocycles. The van der Waals surface area contributed by atoms with E-state index < -0.39 is 40.9 Å². The molecule has 1 N–H and O–H groups in total. The second kappa shape index (κ2) is 9.51. The van der Waals surface area contributed by atoms with Gasteiger partial charge in [-0.05, 0) is 48.9 Å². The quantitative estimate of drug-likeness (QED) is 0.271. The molecule has 2 aromatic heterocycles. The van der Waals surface area contributed by atoms with Crippen LogP contribution in [0.3, 0.4) is 0 Å². The Hall–Kier alpha value is -3.92. The minimum atomic E-state index is -4.97. The van der Waals surface area contributed by atoms with Gasteiger partial charge in [0, 0.05) is 9.86 Å². The van der Waals surface area contributed by atoms with Crippen molar-refractivity contribution in [3.05, 3.63) is 86.8 Å². The largest absolute Gasteiger partial charge is 0.437 e. The number of hydrogen-bond acceptors (Lipinski definition) is 4. The summed E-state index contributed by atoms with van der Waals surface area (Å²) in [6, 6.07) is 12.5. The van der Waals surface area contributed by atoms with Gasteiger partial charge in [-0.1, -0.05) is 28.1 Å². The Balaban J connectivity index is 1.78. The summed E-state index contributed by atoms with van der Waals surface area (Å²) >= 11 is 3.17. The normalized spacial score (nSPS) is 12.0. The topological polar surface area (TPSA) is 83.6 Å². The first kappa shape index (κ1) is 26.2. The van der Waals surface area contributed by atoms with Crippen LogP contribution in [0.2, 0.25) is 0 Å². The van der Waals surface area contributed by atoms with Crippen molar-refractivity contribution >= 4 is 38.4 Å². The molecule has 0 aliphatic heterocycles. The van der Waals surface area contributed by atoms with Crippen LogP contribution in [0.4, 0.5) is 32.0 Å². The predicted octanol–water partition coefficient (Wildman–Crippen LogP) is 6.71.